The lowest BCUT2D eigenvalue weighted by molar-refractivity contribution is -0.137. The zero-order valence-electron chi connectivity index (χ0n) is 19.2. The molecule has 1 amide bonds. The molecule has 4 rings (SSSR count). The van der Waals surface area contributed by atoms with E-state index in [0.717, 1.165) is 24.0 Å². The first-order chi connectivity index (χ1) is 16.8. The van der Waals surface area contributed by atoms with Crippen LogP contribution in [0.5, 0.6) is 5.75 Å². The number of nitrogens with one attached hydrogen (secondary N) is 1. The number of alkyl halides is 3. The molecule has 1 atom stereocenters. The van der Waals surface area contributed by atoms with Gasteiger partial charge in [0, 0.05) is 21.8 Å². The third kappa shape index (κ3) is 5.22. The van der Waals surface area contributed by atoms with Gasteiger partial charge < -0.3 is 10.0 Å². The quantitative estimate of drug-likeness (QED) is 0.351. The molecule has 0 saturated carbocycles. The van der Waals surface area contributed by atoms with Crippen LogP contribution in [0, 0.1) is 0 Å². The molecule has 0 radical (unpaired) electrons. The molecule has 1 unspecified atom stereocenters. The fraction of sp³-hybridized carbons (Fsp3) is 0.240. The van der Waals surface area contributed by atoms with Crippen LogP contribution in [0.25, 0.3) is 11.1 Å². The highest BCUT2D eigenvalue weighted by Crippen LogP contribution is 2.39. The Morgan fingerprint density at radius 1 is 1.08 bits per heavy atom. The van der Waals surface area contributed by atoms with Gasteiger partial charge in [0.25, 0.3) is 5.91 Å². The van der Waals surface area contributed by atoms with Crippen LogP contribution in [0.1, 0.15) is 34.8 Å². The number of phenols is 1. The van der Waals surface area contributed by atoms with Gasteiger partial charge in [0.2, 0.25) is 10.0 Å². The first-order valence-corrected chi connectivity index (χ1v) is 13.6. The minimum atomic E-state index is -4.45. The topological polar surface area (TPSA) is 86.7 Å². The Kier molecular flexibility index (Phi) is 6.82. The highest BCUT2D eigenvalue weighted by Gasteiger charge is 2.34. The summed E-state index contributed by atoms with van der Waals surface area (Å²) in [6.07, 6.45) is -2.41. The van der Waals surface area contributed by atoms with Crippen LogP contribution in [0.3, 0.4) is 0 Å². The van der Waals surface area contributed by atoms with Crippen molar-refractivity contribution in [2.24, 2.45) is 0 Å². The molecular formula is C25H22BrF3N2O4S. The van der Waals surface area contributed by atoms with Crippen LogP contribution in [0.2, 0.25) is 0 Å². The van der Waals surface area contributed by atoms with E-state index < -0.39 is 21.8 Å². The Morgan fingerprint density at radius 3 is 2.39 bits per heavy atom. The van der Waals surface area contributed by atoms with Crippen molar-refractivity contribution in [3.8, 4) is 16.9 Å². The summed E-state index contributed by atoms with van der Waals surface area (Å²) in [5.74, 6) is -0.564. The molecule has 1 aliphatic rings. The summed E-state index contributed by atoms with van der Waals surface area (Å²) in [7, 11) is -3.65. The predicted octanol–water partition coefficient (Wildman–Crippen LogP) is 6.19. The first-order valence-electron chi connectivity index (χ1n) is 10.9. The van der Waals surface area contributed by atoms with Crippen LogP contribution < -0.4 is 9.62 Å². The number of amides is 1. The van der Waals surface area contributed by atoms with Crippen molar-refractivity contribution >= 4 is 43.2 Å². The highest BCUT2D eigenvalue weighted by molar-refractivity contribution is 9.10. The number of benzene rings is 3. The van der Waals surface area contributed by atoms with E-state index in [1.165, 1.54) is 18.2 Å². The minimum Gasteiger partial charge on any atom is -0.506 e. The van der Waals surface area contributed by atoms with E-state index in [1.807, 2.05) is 13.0 Å². The molecule has 190 valence electrons. The summed E-state index contributed by atoms with van der Waals surface area (Å²) in [6, 6.07) is 12.6. The number of carbonyl (C=O) groups excluding carboxylic acids is 1. The summed E-state index contributed by atoms with van der Waals surface area (Å²) in [5, 5.41) is 10.1. The molecule has 2 N–H and O–H groups in total. The number of phenolic OH excluding ortho intramolecular Hbond substituents is 1. The van der Waals surface area contributed by atoms with Gasteiger partial charge >= 0.3 is 6.18 Å². The van der Waals surface area contributed by atoms with Crippen molar-refractivity contribution < 1.29 is 31.5 Å². The van der Waals surface area contributed by atoms with E-state index in [1.54, 1.807) is 23.1 Å². The number of aromatic hydroxyl groups is 1. The van der Waals surface area contributed by atoms with Gasteiger partial charge in [-0.25, -0.2) is 8.42 Å². The van der Waals surface area contributed by atoms with Gasteiger partial charge in [-0.2, -0.15) is 13.2 Å². The molecule has 0 spiro atoms. The van der Waals surface area contributed by atoms with E-state index in [2.05, 4.69) is 20.7 Å². The van der Waals surface area contributed by atoms with E-state index in [9.17, 15) is 31.5 Å². The molecule has 0 bridgehead atoms. The van der Waals surface area contributed by atoms with E-state index in [4.69, 9.17) is 0 Å². The SMILES string of the molecule is CCC1Cc2cc(-c3ccc(C(F)(F)F)cc3Br)ccc2C(=O)N1c1ccc(O)c(NS(C)(=O)=O)c1. The number of anilines is 2. The van der Waals surface area contributed by atoms with Crippen molar-refractivity contribution in [1.82, 2.24) is 0 Å². The average molecular weight is 583 g/mol. The zero-order chi connectivity index (χ0) is 26.4. The molecule has 36 heavy (non-hydrogen) atoms. The summed E-state index contributed by atoms with van der Waals surface area (Å²) in [6.45, 7) is 1.92. The van der Waals surface area contributed by atoms with Gasteiger partial charge in [-0.05, 0) is 65.9 Å². The van der Waals surface area contributed by atoms with Crippen LogP contribution in [-0.2, 0) is 22.6 Å². The number of carbonyl (C=O) groups is 1. The van der Waals surface area contributed by atoms with E-state index in [0.29, 0.717) is 39.7 Å². The molecule has 3 aromatic rings. The van der Waals surface area contributed by atoms with Crippen molar-refractivity contribution in [2.75, 3.05) is 15.9 Å². The van der Waals surface area contributed by atoms with Gasteiger partial charge in [0.05, 0.1) is 17.5 Å². The van der Waals surface area contributed by atoms with Gasteiger partial charge in [-0.3, -0.25) is 9.52 Å². The van der Waals surface area contributed by atoms with Crippen molar-refractivity contribution in [2.45, 2.75) is 32.0 Å². The third-order valence-corrected chi connectivity index (χ3v) is 7.25. The molecule has 1 heterocycles. The number of nitrogens with zero attached hydrogens (tertiary/aromatic N) is 1. The van der Waals surface area contributed by atoms with Crippen LogP contribution in [0.4, 0.5) is 24.5 Å². The second-order valence-electron chi connectivity index (χ2n) is 8.58. The molecule has 0 saturated heterocycles. The number of fused-ring (bicyclic) bond motifs is 1. The van der Waals surface area contributed by atoms with Gasteiger partial charge in [-0.1, -0.05) is 41.1 Å². The molecule has 0 fully saturated rings. The monoisotopic (exact) mass is 582 g/mol. The maximum Gasteiger partial charge on any atom is 0.416 e. The zero-order valence-corrected chi connectivity index (χ0v) is 21.6. The fourth-order valence-electron chi connectivity index (χ4n) is 4.32. The Labute approximate surface area is 214 Å². The smallest absolute Gasteiger partial charge is 0.416 e. The van der Waals surface area contributed by atoms with Crippen LogP contribution >= 0.6 is 15.9 Å². The largest absolute Gasteiger partial charge is 0.506 e. The van der Waals surface area contributed by atoms with Crippen LogP contribution in [0.15, 0.2) is 59.1 Å². The standard InChI is InChI=1S/C25H22BrF3N2O4S/c1-3-17-11-15-10-14(19-8-5-16(12-21(19)26)25(27,28)29)4-7-20(15)24(33)31(17)18-6-9-23(32)22(13-18)30-36(2,34)35/h4-10,12-13,17,30,32H,3,11H2,1-2H3. The van der Waals surface area contributed by atoms with Crippen molar-refractivity contribution in [1.29, 1.82) is 0 Å². The Balaban J connectivity index is 1.72. The predicted molar refractivity (Wildman–Crippen MR) is 136 cm³/mol. The summed E-state index contributed by atoms with van der Waals surface area (Å²) in [4.78, 5) is 15.1. The maximum atomic E-state index is 13.5. The lowest BCUT2D eigenvalue weighted by Gasteiger charge is -2.36. The summed E-state index contributed by atoms with van der Waals surface area (Å²) >= 11 is 3.24. The Bertz CT molecular complexity index is 1460. The fourth-order valence-corrected chi connectivity index (χ4v) is 5.49. The number of rotatable bonds is 5. The van der Waals surface area contributed by atoms with E-state index >= 15 is 0 Å². The normalized spacial score (nSPS) is 16.1. The second kappa shape index (κ2) is 9.44. The number of halogens is 4. The lowest BCUT2D eigenvalue weighted by atomic mass is 9.88. The second-order valence-corrected chi connectivity index (χ2v) is 11.2. The average Bonchev–Trinajstić information content (AvgIpc) is 2.78. The maximum absolute atomic E-state index is 13.5. The highest BCUT2D eigenvalue weighted by atomic mass is 79.9. The molecule has 3 aromatic carbocycles. The van der Waals surface area contributed by atoms with Gasteiger partial charge in [-0.15, -0.1) is 0 Å². The van der Waals surface area contributed by atoms with Crippen molar-refractivity contribution in [3.05, 3.63) is 75.8 Å². The minimum absolute atomic E-state index is 0.0362. The number of hydrogen-bond donors (Lipinski definition) is 2. The third-order valence-electron chi connectivity index (χ3n) is 6.01. The van der Waals surface area contributed by atoms with Crippen molar-refractivity contribution in [3.63, 3.8) is 0 Å². The lowest BCUT2D eigenvalue weighted by Crippen LogP contribution is -2.45. The first kappa shape index (κ1) is 26.0. The molecule has 0 aromatic heterocycles. The van der Waals surface area contributed by atoms with Gasteiger partial charge in [0.15, 0.2) is 0 Å². The summed E-state index contributed by atoms with van der Waals surface area (Å²) in [5.41, 5.74) is 2.09. The van der Waals surface area contributed by atoms with E-state index in [-0.39, 0.29) is 23.4 Å². The summed E-state index contributed by atoms with van der Waals surface area (Å²) < 4.78 is 65.0. The number of sulfonamides is 1. The number of hydrogen-bond acceptors (Lipinski definition) is 4. The molecule has 0 aliphatic carbocycles. The Morgan fingerprint density at radius 2 is 1.78 bits per heavy atom. The molecule has 11 heteroatoms. The van der Waals surface area contributed by atoms with Crippen LogP contribution in [-0.4, -0.2) is 31.7 Å². The molecule has 6 nitrogen and oxygen atoms in total. The Hall–Kier alpha value is -3.05. The molecular weight excluding hydrogens is 561 g/mol. The van der Waals surface area contributed by atoms with Gasteiger partial charge in [0.1, 0.15) is 5.75 Å². The molecule has 1 aliphatic heterocycles.